The number of methoxy groups -OCH3 is 1. The number of epoxide rings is 1. The lowest BCUT2D eigenvalue weighted by atomic mass is 10.0. The molecule has 0 N–H and O–H groups in total. The van der Waals surface area contributed by atoms with Gasteiger partial charge in [0.15, 0.2) is 12.6 Å². The molecule has 0 amide bonds. The van der Waals surface area contributed by atoms with Crippen LogP contribution >= 0.6 is 0 Å². The highest BCUT2D eigenvalue weighted by Crippen LogP contribution is 2.43. The molecule has 0 aromatic heterocycles. The van der Waals surface area contributed by atoms with E-state index in [1.165, 1.54) is 0 Å². The minimum absolute atomic E-state index is 0.000716. The van der Waals surface area contributed by atoms with E-state index in [4.69, 9.17) is 23.7 Å². The molecule has 3 unspecified atom stereocenters. The summed E-state index contributed by atoms with van der Waals surface area (Å²) in [6.07, 6.45) is -0.759. The molecule has 5 heteroatoms. The van der Waals surface area contributed by atoms with E-state index in [2.05, 4.69) is 0 Å². The third-order valence-corrected chi connectivity index (χ3v) is 3.83. The van der Waals surface area contributed by atoms with Crippen molar-refractivity contribution in [3.05, 3.63) is 35.9 Å². The number of fused-ring (bicyclic) bond motifs is 3. The van der Waals surface area contributed by atoms with Crippen LogP contribution in [0.2, 0.25) is 0 Å². The van der Waals surface area contributed by atoms with E-state index < -0.39 is 0 Å². The monoisotopic (exact) mass is 264 g/mol. The maximum atomic E-state index is 6.00. The van der Waals surface area contributed by atoms with Gasteiger partial charge in [0, 0.05) is 12.7 Å². The zero-order valence-electron chi connectivity index (χ0n) is 10.6. The number of hydrogen-bond acceptors (Lipinski definition) is 5. The van der Waals surface area contributed by atoms with Gasteiger partial charge < -0.3 is 23.7 Å². The van der Waals surface area contributed by atoms with Crippen LogP contribution in [-0.4, -0.2) is 44.4 Å². The van der Waals surface area contributed by atoms with Gasteiger partial charge in [-0.2, -0.15) is 0 Å². The molecular formula is C14H16O5. The van der Waals surface area contributed by atoms with Gasteiger partial charge in [0.2, 0.25) is 0 Å². The van der Waals surface area contributed by atoms with E-state index in [9.17, 15) is 0 Å². The van der Waals surface area contributed by atoms with Crippen LogP contribution in [0.25, 0.3) is 0 Å². The molecule has 6 atom stereocenters. The lowest BCUT2D eigenvalue weighted by molar-refractivity contribution is -0.304. The molecule has 19 heavy (non-hydrogen) atoms. The van der Waals surface area contributed by atoms with Crippen molar-refractivity contribution in [1.82, 2.24) is 0 Å². The topological polar surface area (TPSA) is 49.5 Å². The van der Waals surface area contributed by atoms with E-state index in [0.717, 1.165) is 5.56 Å². The van der Waals surface area contributed by atoms with E-state index in [1.54, 1.807) is 7.11 Å². The van der Waals surface area contributed by atoms with E-state index in [0.29, 0.717) is 6.61 Å². The van der Waals surface area contributed by atoms with Gasteiger partial charge in [-0.3, -0.25) is 0 Å². The van der Waals surface area contributed by atoms with Gasteiger partial charge in [-0.05, 0) is 0 Å². The van der Waals surface area contributed by atoms with Gasteiger partial charge in [-0.25, -0.2) is 0 Å². The largest absolute Gasteiger partial charge is 0.361 e. The average molecular weight is 264 g/mol. The van der Waals surface area contributed by atoms with E-state index in [-0.39, 0.29) is 37.0 Å². The molecular weight excluding hydrogens is 248 g/mol. The summed E-state index contributed by atoms with van der Waals surface area (Å²) in [5, 5.41) is 0. The van der Waals surface area contributed by atoms with Gasteiger partial charge >= 0.3 is 0 Å². The molecule has 0 saturated carbocycles. The zero-order valence-corrected chi connectivity index (χ0v) is 10.6. The van der Waals surface area contributed by atoms with Crippen LogP contribution in [0.3, 0.4) is 0 Å². The van der Waals surface area contributed by atoms with E-state index >= 15 is 0 Å². The first-order valence-corrected chi connectivity index (χ1v) is 6.52. The SMILES string of the molecule is COC1OC2COC(c3ccccc3)O[C@H]2[C@H]2O[C@@H]12. The quantitative estimate of drug-likeness (QED) is 0.752. The summed E-state index contributed by atoms with van der Waals surface area (Å²) < 4.78 is 28.4. The predicted octanol–water partition coefficient (Wildman–Crippen LogP) is 1.24. The second-order valence-corrected chi connectivity index (χ2v) is 5.02. The Morgan fingerprint density at radius 3 is 2.63 bits per heavy atom. The Labute approximate surface area is 111 Å². The first-order valence-electron chi connectivity index (χ1n) is 6.52. The molecule has 5 nitrogen and oxygen atoms in total. The fourth-order valence-corrected chi connectivity index (χ4v) is 2.80. The lowest BCUT2D eigenvalue weighted by Gasteiger charge is -2.39. The molecule has 1 aromatic rings. The molecule has 102 valence electrons. The fraction of sp³-hybridized carbons (Fsp3) is 0.571. The summed E-state index contributed by atoms with van der Waals surface area (Å²) in [6.45, 7) is 0.497. The second kappa shape index (κ2) is 4.54. The van der Waals surface area contributed by atoms with Crippen LogP contribution < -0.4 is 0 Å². The minimum Gasteiger partial charge on any atom is -0.361 e. The number of rotatable bonds is 2. The van der Waals surface area contributed by atoms with Crippen LogP contribution in [0.4, 0.5) is 0 Å². The highest BCUT2D eigenvalue weighted by Gasteiger charge is 2.60. The molecule has 3 heterocycles. The van der Waals surface area contributed by atoms with Gasteiger partial charge in [0.05, 0.1) is 6.61 Å². The summed E-state index contributed by atoms with van der Waals surface area (Å²) in [4.78, 5) is 0. The first kappa shape index (κ1) is 11.8. The van der Waals surface area contributed by atoms with Crippen molar-refractivity contribution < 1.29 is 23.7 Å². The third kappa shape index (κ3) is 1.98. The zero-order chi connectivity index (χ0) is 12.8. The highest BCUT2D eigenvalue weighted by molar-refractivity contribution is 5.17. The van der Waals surface area contributed by atoms with Crippen LogP contribution in [0.15, 0.2) is 30.3 Å². The smallest absolute Gasteiger partial charge is 0.186 e. The third-order valence-electron chi connectivity index (χ3n) is 3.83. The summed E-state index contributed by atoms with van der Waals surface area (Å²) in [7, 11) is 1.63. The highest BCUT2D eigenvalue weighted by atomic mass is 16.8. The molecule has 4 rings (SSSR count). The first-order chi connectivity index (χ1) is 9.36. The molecule has 3 aliphatic rings. The van der Waals surface area contributed by atoms with Crippen molar-refractivity contribution in [3.63, 3.8) is 0 Å². The summed E-state index contributed by atoms with van der Waals surface area (Å²) in [5.74, 6) is 0. The van der Waals surface area contributed by atoms with Crippen molar-refractivity contribution in [2.75, 3.05) is 13.7 Å². The number of hydrogen-bond donors (Lipinski definition) is 0. The summed E-state index contributed by atoms with van der Waals surface area (Å²) in [6, 6.07) is 9.92. The molecule has 0 spiro atoms. The molecule has 3 aliphatic heterocycles. The van der Waals surface area contributed by atoms with Crippen molar-refractivity contribution in [2.24, 2.45) is 0 Å². The maximum absolute atomic E-state index is 6.00. The molecule has 0 aliphatic carbocycles. The van der Waals surface area contributed by atoms with Crippen molar-refractivity contribution in [1.29, 1.82) is 0 Å². The summed E-state index contributed by atoms with van der Waals surface area (Å²) in [5.41, 5.74) is 1.02. The standard InChI is InChI=1S/C14H16O5/c1-15-14-12-11(18-12)10-9(17-14)7-16-13(19-10)8-5-3-2-4-6-8/h2-6,9-14H,7H2,1H3/t9?,10-,11-,12-,13?,14?/m1/s1. The molecule has 0 bridgehead atoms. The Kier molecular flexibility index (Phi) is 2.82. The Balaban J connectivity index is 1.50. The number of ether oxygens (including phenoxy) is 5. The Morgan fingerprint density at radius 2 is 1.84 bits per heavy atom. The lowest BCUT2D eigenvalue weighted by Crippen LogP contribution is -2.52. The van der Waals surface area contributed by atoms with Gasteiger partial charge in [-0.1, -0.05) is 30.3 Å². The maximum Gasteiger partial charge on any atom is 0.186 e. The van der Waals surface area contributed by atoms with Crippen LogP contribution in [0.1, 0.15) is 11.9 Å². The second-order valence-electron chi connectivity index (χ2n) is 5.02. The van der Waals surface area contributed by atoms with Crippen LogP contribution in [-0.2, 0) is 23.7 Å². The van der Waals surface area contributed by atoms with Crippen LogP contribution in [0, 0.1) is 0 Å². The molecule has 3 saturated heterocycles. The van der Waals surface area contributed by atoms with Crippen molar-refractivity contribution in [2.45, 2.75) is 37.0 Å². The Bertz CT molecular complexity index is 450. The molecule has 0 radical (unpaired) electrons. The fourth-order valence-electron chi connectivity index (χ4n) is 2.80. The Morgan fingerprint density at radius 1 is 1.00 bits per heavy atom. The van der Waals surface area contributed by atoms with E-state index in [1.807, 2.05) is 30.3 Å². The van der Waals surface area contributed by atoms with Gasteiger partial charge in [0.25, 0.3) is 0 Å². The molecule has 3 fully saturated rings. The average Bonchev–Trinajstić information content (AvgIpc) is 3.27. The Hall–Kier alpha value is -0.980. The normalized spacial score (nSPS) is 44.3. The van der Waals surface area contributed by atoms with Crippen molar-refractivity contribution >= 4 is 0 Å². The number of benzene rings is 1. The van der Waals surface area contributed by atoms with Gasteiger partial charge in [-0.15, -0.1) is 0 Å². The predicted molar refractivity (Wildman–Crippen MR) is 64.3 cm³/mol. The van der Waals surface area contributed by atoms with Crippen LogP contribution in [0.5, 0.6) is 0 Å². The summed E-state index contributed by atoms with van der Waals surface area (Å²) >= 11 is 0. The van der Waals surface area contributed by atoms with Crippen molar-refractivity contribution in [3.8, 4) is 0 Å². The van der Waals surface area contributed by atoms with Gasteiger partial charge in [0.1, 0.15) is 24.4 Å². The minimum atomic E-state index is -0.338. The molecule has 1 aromatic carbocycles.